The second-order valence-electron chi connectivity index (χ2n) is 6.06. The van der Waals surface area contributed by atoms with Crippen molar-refractivity contribution in [1.29, 1.82) is 0 Å². The molecule has 2 aromatic carbocycles. The summed E-state index contributed by atoms with van der Waals surface area (Å²) in [5.41, 5.74) is 6.86. The SMILES string of the molecule is C[C@H](Sc1nnc(-c2ccc(F)cc2)n1C)C(=O)Nc1ccc(C(N)=O)cc1. The zero-order valence-corrected chi connectivity index (χ0v) is 16.0. The molecule has 0 aliphatic rings. The van der Waals surface area contributed by atoms with Crippen molar-refractivity contribution in [3.8, 4) is 11.4 Å². The molecule has 144 valence electrons. The van der Waals surface area contributed by atoms with Crippen LogP contribution in [0.3, 0.4) is 0 Å². The molecule has 0 fully saturated rings. The molecule has 3 aromatic rings. The van der Waals surface area contributed by atoms with Crippen LogP contribution >= 0.6 is 11.8 Å². The molecule has 0 radical (unpaired) electrons. The van der Waals surface area contributed by atoms with Crippen molar-refractivity contribution in [2.75, 3.05) is 5.32 Å². The van der Waals surface area contributed by atoms with E-state index < -0.39 is 11.2 Å². The Kier molecular flexibility index (Phi) is 5.74. The molecule has 9 heteroatoms. The highest BCUT2D eigenvalue weighted by molar-refractivity contribution is 8.00. The van der Waals surface area contributed by atoms with Crippen LogP contribution < -0.4 is 11.1 Å². The molecule has 1 atom stereocenters. The molecule has 7 nitrogen and oxygen atoms in total. The van der Waals surface area contributed by atoms with Gasteiger partial charge in [0.25, 0.3) is 0 Å². The molecule has 3 N–H and O–H groups in total. The topological polar surface area (TPSA) is 103 Å². The Hall–Kier alpha value is -3.20. The third-order valence-electron chi connectivity index (χ3n) is 4.03. The molecular formula is C19H18FN5O2S. The van der Waals surface area contributed by atoms with Gasteiger partial charge in [-0.1, -0.05) is 11.8 Å². The quantitative estimate of drug-likeness (QED) is 0.621. The predicted octanol–water partition coefficient (Wildman–Crippen LogP) is 2.84. The number of anilines is 1. The number of benzene rings is 2. The highest BCUT2D eigenvalue weighted by Gasteiger charge is 2.19. The van der Waals surface area contributed by atoms with Gasteiger partial charge in [0, 0.05) is 23.9 Å². The van der Waals surface area contributed by atoms with E-state index in [1.807, 2.05) is 0 Å². The Bertz CT molecular complexity index is 1000. The average Bonchev–Trinajstić information content (AvgIpc) is 3.03. The number of primary amides is 1. The molecule has 28 heavy (non-hydrogen) atoms. The van der Waals surface area contributed by atoms with E-state index in [1.54, 1.807) is 54.9 Å². The Morgan fingerprint density at radius 3 is 2.36 bits per heavy atom. The summed E-state index contributed by atoms with van der Waals surface area (Å²) in [5, 5.41) is 11.2. The largest absolute Gasteiger partial charge is 0.366 e. The van der Waals surface area contributed by atoms with Crippen LogP contribution in [0, 0.1) is 5.82 Å². The van der Waals surface area contributed by atoms with Crippen molar-refractivity contribution in [2.24, 2.45) is 12.8 Å². The summed E-state index contributed by atoms with van der Waals surface area (Å²) in [5.74, 6) is -0.490. The van der Waals surface area contributed by atoms with E-state index in [0.717, 1.165) is 5.56 Å². The van der Waals surface area contributed by atoms with E-state index in [1.165, 1.54) is 23.9 Å². The first-order valence-corrected chi connectivity index (χ1v) is 9.26. The fraction of sp³-hybridized carbons (Fsp3) is 0.158. The van der Waals surface area contributed by atoms with Gasteiger partial charge in [-0.05, 0) is 55.5 Å². The van der Waals surface area contributed by atoms with Crippen molar-refractivity contribution in [3.05, 3.63) is 59.9 Å². The first-order chi connectivity index (χ1) is 13.3. The number of hydrogen-bond donors (Lipinski definition) is 2. The van der Waals surface area contributed by atoms with Crippen molar-refractivity contribution >= 4 is 29.3 Å². The van der Waals surface area contributed by atoms with Gasteiger partial charge in [0.15, 0.2) is 11.0 Å². The summed E-state index contributed by atoms with van der Waals surface area (Å²) in [4.78, 5) is 23.5. The molecule has 0 bridgehead atoms. The highest BCUT2D eigenvalue weighted by Crippen LogP contribution is 2.26. The number of thioether (sulfide) groups is 1. The maximum atomic E-state index is 13.1. The average molecular weight is 399 g/mol. The maximum Gasteiger partial charge on any atom is 0.248 e. The fourth-order valence-electron chi connectivity index (χ4n) is 2.44. The zero-order valence-electron chi connectivity index (χ0n) is 15.2. The molecule has 0 spiro atoms. The number of nitrogens with zero attached hydrogens (tertiary/aromatic N) is 3. The van der Waals surface area contributed by atoms with E-state index in [0.29, 0.717) is 22.2 Å². The van der Waals surface area contributed by atoms with Crippen LogP contribution in [0.1, 0.15) is 17.3 Å². The standard InChI is InChI=1S/C19H18FN5O2S/c1-11(18(27)22-15-9-5-12(6-10-15)16(21)26)28-19-24-23-17(25(19)2)13-3-7-14(20)8-4-13/h3-11H,1-2H3,(H2,21,26)(H,22,27)/t11-/m0/s1. The van der Waals surface area contributed by atoms with Crippen LogP contribution in [0.5, 0.6) is 0 Å². The van der Waals surface area contributed by atoms with Crippen molar-refractivity contribution in [3.63, 3.8) is 0 Å². The molecule has 2 amide bonds. The van der Waals surface area contributed by atoms with E-state index in [-0.39, 0.29) is 11.7 Å². The maximum absolute atomic E-state index is 13.1. The summed E-state index contributed by atoms with van der Waals surface area (Å²) in [6.45, 7) is 1.75. The number of carbonyl (C=O) groups is 2. The lowest BCUT2D eigenvalue weighted by atomic mass is 10.2. The molecular weight excluding hydrogens is 381 g/mol. The number of halogens is 1. The fourth-order valence-corrected chi connectivity index (χ4v) is 3.26. The van der Waals surface area contributed by atoms with Gasteiger partial charge in [-0.25, -0.2) is 4.39 Å². The second-order valence-corrected chi connectivity index (χ2v) is 7.37. The van der Waals surface area contributed by atoms with Crippen LogP contribution in [-0.4, -0.2) is 31.8 Å². The van der Waals surface area contributed by atoms with Gasteiger partial charge in [0.05, 0.1) is 5.25 Å². The Labute approximate surface area is 165 Å². The molecule has 1 heterocycles. The number of nitrogens with one attached hydrogen (secondary N) is 1. The smallest absolute Gasteiger partial charge is 0.248 e. The number of amides is 2. The molecule has 0 aliphatic carbocycles. The molecule has 3 rings (SSSR count). The van der Waals surface area contributed by atoms with Crippen LogP contribution in [-0.2, 0) is 11.8 Å². The van der Waals surface area contributed by atoms with Crippen LogP contribution in [0.4, 0.5) is 10.1 Å². The minimum atomic E-state index is -0.527. The number of hydrogen-bond acceptors (Lipinski definition) is 5. The summed E-state index contributed by atoms with van der Waals surface area (Å²) in [6, 6.07) is 12.3. The zero-order chi connectivity index (χ0) is 20.3. The van der Waals surface area contributed by atoms with E-state index in [4.69, 9.17) is 5.73 Å². The molecule has 0 saturated carbocycles. The van der Waals surface area contributed by atoms with Gasteiger partial charge in [-0.15, -0.1) is 10.2 Å². The van der Waals surface area contributed by atoms with E-state index >= 15 is 0 Å². The lowest BCUT2D eigenvalue weighted by Gasteiger charge is -2.12. The molecule has 0 saturated heterocycles. The van der Waals surface area contributed by atoms with Crippen molar-refractivity contribution in [1.82, 2.24) is 14.8 Å². The Morgan fingerprint density at radius 1 is 1.11 bits per heavy atom. The summed E-state index contributed by atoms with van der Waals surface area (Å²) in [6.07, 6.45) is 0. The van der Waals surface area contributed by atoms with Gasteiger partial charge < -0.3 is 15.6 Å². The lowest BCUT2D eigenvalue weighted by molar-refractivity contribution is -0.115. The highest BCUT2D eigenvalue weighted by atomic mass is 32.2. The van der Waals surface area contributed by atoms with E-state index in [2.05, 4.69) is 15.5 Å². The summed E-state index contributed by atoms with van der Waals surface area (Å²) >= 11 is 1.25. The second kappa shape index (κ2) is 8.22. The minimum absolute atomic E-state index is 0.219. The Morgan fingerprint density at radius 2 is 1.75 bits per heavy atom. The number of aromatic nitrogens is 3. The van der Waals surface area contributed by atoms with Gasteiger partial charge in [0.1, 0.15) is 5.82 Å². The third kappa shape index (κ3) is 4.37. The lowest BCUT2D eigenvalue weighted by Crippen LogP contribution is -2.23. The van der Waals surface area contributed by atoms with Crippen molar-refractivity contribution < 1.29 is 14.0 Å². The molecule has 0 unspecified atom stereocenters. The summed E-state index contributed by atoms with van der Waals surface area (Å²) in [7, 11) is 1.79. The normalized spacial score (nSPS) is 11.8. The molecule has 0 aliphatic heterocycles. The predicted molar refractivity (Wildman–Crippen MR) is 105 cm³/mol. The first-order valence-electron chi connectivity index (χ1n) is 8.38. The van der Waals surface area contributed by atoms with E-state index in [9.17, 15) is 14.0 Å². The number of rotatable bonds is 6. The minimum Gasteiger partial charge on any atom is -0.366 e. The third-order valence-corrected chi connectivity index (χ3v) is 5.16. The first kappa shape index (κ1) is 19.6. The number of carbonyl (C=O) groups excluding carboxylic acids is 2. The van der Waals surface area contributed by atoms with Gasteiger partial charge in [-0.2, -0.15) is 0 Å². The monoisotopic (exact) mass is 399 g/mol. The molecule has 1 aromatic heterocycles. The van der Waals surface area contributed by atoms with Crippen LogP contribution in [0.2, 0.25) is 0 Å². The number of nitrogens with two attached hydrogens (primary N) is 1. The Balaban J connectivity index is 1.67. The van der Waals surface area contributed by atoms with Gasteiger partial charge in [0.2, 0.25) is 11.8 Å². The van der Waals surface area contributed by atoms with Gasteiger partial charge in [-0.3, -0.25) is 9.59 Å². The summed E-state index contributed by atoms with van der Waals surface area (Å²) < 4.78 is 14.8. The van der Waals surface area contributed by atoms with Crippen molar-refractivity contribution in [2.45, 2.75) is 17.3 Å². The van der Waals surface area contributed by atoms with Crippen LogP contribution in [0.25, 0.3) is 11.4 Å². The van der Waals surface area contributed by atoms with Crippen LogP contribution in [0.15, 0.2) is 53.7 Å². The van der Waals surface area contributed by atoms with Gasteiger partial charge >= 0.3 is 0 Å².